The van der Waals surface area contributed by atoms with Crippen LogP contribution >= 0.6 is 0 Å². The number of sulfonamides is 1. The zero-order valence-corrected chi connectivity index (χ0v) is 17.1. The predicted molar refractivity (Wildman–Crippen MR) is 107 cm³/mol. The fourth-order valence-electron chi connectivity index (χ4n) is 2.63. The summed E-state index contributed by atoms with van der Waals surface area (Å²) in [6.45, 7) is 6.75. The van der Waals surface area contributed by atoms with Crippen LogP contribution in [0.15, 0.2) is 47.4 Å². The number of anilines is 1. The van der Waals surface area contributed by atoms with Crippen molar-refractivity contribution in [3.8, 4) is 0 Å². The van der Waals surface area contributed by atoms with Crippen LogP contribution in [0.2, 0.25) is 0 Å². The van der Waals surface area contributed by atoms with Crippen LogP contribution in [0.5, 0.6) is 0 Å². The van der Waals surface area contributed by atoms with Gasteiger partial charge in [-0.15, -0.1) is 0 Å². The number of rotatable bonds is 7. The molecular formula is C20H24N2O5S. The molecule has 8 heteroatoms. The van der Waals surface area contributed by atoms with Gasteiger partial charge in [0.2, 0.25) is 10.0 Å². The molecule has 2 aromatic carbocycles. The molecule has 0 bridgehead atoms. The van der Waals surface area contributed by atoms with E-state index in [9.17, 15) is 18.0 Å². The first-order valence-electron chi connectivity index (χ1n) is 8.74. The number of esters is 1. The minimum absolute atomic E-state index is 0.0460. The van der Waals surface area contributed by atoms with Crippen LogP contribution in [0.4, 0.5) is 5.69 Å². The van der Waals surface area contributed by atoms with Crippen molar-refractivity contribution in [1.29, 1.82) is 0 Å². The lowest BCUT2D eigenvalue weighted by Gasteiger charge is -2.11. The molecule has 0 spiro atoms. The Morgan fingerprint density at radius 3 is 2.29 bits per heavy atom. The van der Waals surface area contributed by atoms with Gasteiger partial charge in [-0.3, -0.25) is 4.79 Å². The number of carbonyl (C=O) groups is 2. The third kappa shape index (κ3) is 6.17. The Morgan fingerprint density at radius 1 is 1.04 bits per heavy atom. The van der Waals surface area contributed by atoms with Crippen molar-refractivity contribution in [2.75, 3.05) is 11.9 Å². The Bertz CT molecular complexity index is 964. The second-order valence-electron chi connectivity index (χ2n) is 6.80. The summed E-state index contributed by atoms with van der Waals surface area (Å²) in [6.07, 6.45) is 0. The summed E-state index contributed by atoms with van der Waals surface area (Å²) < 4.78 is 31.9. The maximum atomic E-state index is 12.2. The highest BCUT2D eigenvalue weighted by atomic mass is 32.2. The molecule has 28 heavy (non-hydrogen) atoms. The molecule has 7 nitrogen and oxygen atoms in total. The highest BCUT2D eigenvalue weighted by Gasteiger charge is 2.18. The number of hydrogen-bond donors (Lipinski definition) is 2. The molecule has 0 fully saturated rings. The topological polar surface area (TPSA) is 102 Å². The van der Waals surface area contributed by atoms with Crippen LogP contribution in [-0.2, 0) is 19.6 Å². The van der Waals surface area contributed by atoms with E-state index in [4.69, 9.17) is 4.74 Å². The molecule has 0 heterocycles. The standard InChI is InChI=1S/C20H24N2O5S/c1-13(2)22-28(25,26)18-7-5-6-16(11-18)20(24)27-12-19(23)21-17-9-14(3)8-15(4)10-17/h5-11,13,22H,12H2,1-4H3,(H,21,23). The van der Waals surface area contributed by atoms with Gasteiger partial charge in [0.1, 0.15) is 0 Å². The van der Waals surface area contributed by atoms with Crippen molar-refractivity contribution in [3.63, 3.8) is 0 Å². The largest absolute Gasteiger partial charge is 0.452 e. The van der Waals surface area contributed by atoms with Gasteiger partial charge in [0.05, 0.1) is 10.5 Å². The molecule has 2 aromatic rings. The number of hydrogen-bond acceptors (Lipinski definition) is 5. The van der Waals surface area contributed by atoms with Crippen LogP contribution in [-0.4, -0.2) is 32.9 Å². The molecule has 0 saturated heterocycles. The van der Waals surface area contributed by atoms with E-state index >= 15 is 0 Å². The van der Waals surface area contributed by atoms with Crippen molar-refractivity contribution >= 4 is 27.6 Å². The number of benzene rings is 2. The molecule has 0 aliphatic carbocycles. The first kappa shape index (κ1) is 21.6. The fourth-order valence-corrected chi connectivity index (χ4v) is 3.92. The second kappa shape index (κ2) is 8.99. The SMILES string of the molecule is Cc1cc(C)cc(NC(=O)COC(=O)c2cccc(S(=O)(=O)NC(C)C)c2)c1. The Morgan fingerprint density at radius 2 is 1.68 bits per heavy atom. The van der Waals surface area contributed by atoms with Gasteiger partial charge in [-0.05, 0) is 69.2 Å². The van der Waals surface area contributed by atoms with Gasteiger partial charge in [0, 0.05) is 11.7 Å². The molecule has 0 atom stereocenters. The van der Waals surface area contributed by atoms with Gasteiger partial charge in [-0.2, -0.15) is 0 Å². The highest BCUT2D eigenvalue weighted by molar-refractivity contribution is 7.89. The maximum Gasteiger partial charge on any atom is 0.338 e. The van der Waals surface area contributed by atoms with Crippen molar-refractivity contribution in [1.82, 2.24) is 4.72 Å². The van der Waals surface area contributed by atoms with Gasteiger partial charge < -0.3 is 10.1 Å². The lowest BCUT2D eigenvalue weighted by Crippen LogP contribution is -2.30. The van der Waals surface area contributed by atoms with Crippen molar-refractivity contribution in [2.45, 2.75) is 38.6 Å². The lowest BCUT2D eigenvalue weighted by atomic mass is 10.1. The summed E-state index contributed by atoms with van der Waals surface area (Å²) in [5.74, 6) is -1.26. The Labute approximate surface area is 165 Å². The van der Waals surface area contributed by atoms with Gasteiger partial charge in [0.25, 0.3) is 5.91 Å². The van der Waals surface area contributed by atoms with E-state index in [2.05, 4.69) is 10.0 Å². The van der Waals surface area contributed by atoms with Gasteiger partial charge >= 0.3 is 5.97 Å². The molecule has 0 saturated carbocycles. The van der Waals surface area contributed by atoms with Crippen LogP contribution in [0.3, 0.4) is 0 Å². The zero-order valence-electron chi connectivity index (χ0n) is 16.3. The molecule has 2 N–H and O–H groups in total. The average Bonchev–Trinajstić information content (AvgIpc) is 2.57. The van der Waals surface area contributed by atoms with Gasteiger partial charge in [-0.25, -0.2) is 17.9 Å². The molecule has 0 aromatic heterocycles. The summed E-state index contributed by atoms with van der Waals surface area (Å²) in [6, 6.07) is 10.8. The summed E-state index contributed by atoms with van der Waals surface area (Å²) in [4.78, 5) is 24.2. The van der Waals surface area contributed by atoms with Crippen LogP contribution in [0, 0.1) is 13.8 Å². The first-order chi connectivity index (χ1) is 13.1. The smallest absolute Gasteiger partial charge is 0.338 e. The predicted octanol–water partition coefficient (Wildman–Crippen LogP) is 2.79. The van der Waals surface area contributed by atoms with Crippen LogP contribution in [0.1, 0.15) is 35.3 Å². The summed E-state index contributed by atoms with van der Waals surface area (Å²) >= 11 is 0. The number of amides is 1. The summed E-state index contributed by atoms with van der Waals surface area (Å²) in [7, 11) is -3.73. The second-order valence-corrected chi connectivity index (χ2v) is 8.52. The molecule has 1 amide bonds. The number of ether oxygens (including phenoxy) is 1. The Kier molecular flexibility index (Phi) is 6.93. The third-order valence-electron chi connectivity index (χ3n) is 3.61. The number of nitrogens with one attached hydrogen (secondary N) is 2. The molecule has 2 rings (SSSR count). The molecular weight excluding hydrogens is 380 g/mol. The zero-order chi connectivity index (χ0) is 20.9. The van der Waals surface area contributed by atoms with E-state index in [-0.39, 0.29) is 16.5 Å². The Hall–Kier alpha value is -2.71. The van der Waals surface area contributed by atoms with Gasteiger partial charge in [-0.1, -0.05) is 12.1 Å². The lowest BCUT2D eigenvalue weighted by molar-refractivity contribution is -0.119. The number of carbonyl (C=O) groups excluding carboxylic acids is 2. The normalized spacial score (nSPS) is 11.3. The molecule has 0 unspecified atom stereocenters. The van der Waals surface area contributed by atoms with Gasteiger partial charge in [0.15, 0.2) is 6.61 Å². The number of aryl methyl sites for hydroxylation is 2. The summed E-state index contributed by atoms with van der Waals surface area (Å²) in [5, 5.41) is 2.67. The van der Waals surface area contributed by atoms with E-state index in [1.807, 2.05) is 32.0 Å². The first-order valence-corrected chi connectivity index (χ1v) is 10.2. The molecule has 0 aliphatic heterocycles. The fraction of sp³-hybridized carbons (Fsp3) is 0.300. The quantitative estimate of drug-likeness (QED) is 0.691. The Balaban J connectivity index is 2.01. The minimum Gasteiger partial charge on any atom is -0.452 e. The molecule has 150 valence electrons. The molecule has 0 radical (unpaired) electrons. The minimum atomic E-state index is -3.73. The van der Waals surface area contributed by atoms with Crippen molar-refractivity contribution in [3.05, 3.63) is 59.2 Å². The average molecular weight is 404 g/mol. The van der Waals surface area contributed by atoms with Crippen LogP contribution in [0.25, 0.3) is 0 Å². The van der Waals surface area contributed by atoms with E-state index in [1.165, 1.54) is 24.3 Å². The highest BCUT2D eigenvalue weighted by Crippen LogP contribution is 2.15. The van der Waals surface area contributed by atoms with E-state index in [0.717, 1.165) is 11.1 Å². The van der Waals surface area contributed by atoms with Crippen molar-refractivity contribution < 1.29 is 22.7 Å². The maximum absolute atomic E-state index is 12.2. The van der Waals surface area contributed by atoms with E-state index in [1.54, 1.807) is 13.8 Å². The van der Waals surface area contributed by atoms with E-state index in [0.29, 0.717) is 5.69 Å². The van der Waals surface area contributed by atoms with Crippen molar-refractivity contribution in [2.24, 2.45) is 0 Å². The monoisotopic (exact) mass is 404 g/mol. The third-order valence-corrected chi connectivity index (χ3v) is 5.27. The molecule has 0 aliphatic rings. The van der Waals surface area contributed by atoms with Crippen LogP contribution < -0.4 is 10.0 Å². The summed E-state index contributed by atoms with van der Waals surface area (Å²) in [5.41, 5.74) is 2.66. The van der Waals surface area contributed by atoms with E-state index < -0.39 is 28.5 Å².